The van der Waals surface area contributed by atoms with E-state index in [1.807, 2.05) is 12.1 Å². The Balaban J connectivity index is 2.27. The molecule has 1 aromatic rings. The highest BCUT2D eigenvalue weighted by atomic mass is 16.5. The maximum Gasteiger partial charge on any atom is 0.142 e. The minimum absolute atomic E-state index is 0.637. The van der Waals surface area contributed by atoms with E-state index < -0.39 is 0 Å². The van der Waals surface area contributed by atoms with E-state index in [1.54, 1.807) is 13.2 Å². The van der Waals surface area contributed by atoms with Crippen molar-refractivity contribution in [2.75, 3.05) is 19.5 Å². The standard InChI is InChI=1S/C14H23NO2/c1-3-4-5-6-7-10-17-14-9-8-12(16-2)11-13(14)15/h8-9,11H,3-7,10,15H2,1-2H3. The lowest BCUT2D eigenvalue weighted by Crippen LogP contribution is -2.00. The third-order valence-electron chi connectivity index (χ3n) is 2.72. The lowest BCUT2D eigenvalue weighted by Gasteiger charge is -2.09. The molecule has 1 rings (SSSR count). The molecule has 0 aliphatic heterocycles. The van der Waals surface area contributed by atoms with Crippen molar-refractivity contribution in [1.82, 2.24) is 0 Å². The molecule has 0 bridgehead atoms. The lowest BCUT2D eigenvalue weighted by atomic mass is 10.2. The van der Waals surface area contributed by atoms with Gasteiger partial charge in [0.15, 0.2) is 0 Å². The second kappa shape index (κ2) is 7.82. The number of ether oxygens (including phenoxy) is 2. The minimum atomic E-state index is 0.637. The zero-order valence-electron chi connectivity index (χ0n) is 10.9. The Labute approximate surface area is 104 Å². The predicted molar refractivity (Wildman–Crippen MR) is 71.7 cm³/mol. The number of nitrogens with two attached hydrogens (primary N) is 1. The summed E-state index contributed by atoms with van der Waals surface area (Å²) >= 11 is 0. The number of hydrogen-bond acceptors (Lipinski definition) is 3. The van der Waals surface area contributed by atoms with E-state index in [2.05, 4.69) is 6.92 Å². The molecule has 0 amide bonds. The normalized spacial score (nSPS) is 10.2. The first-order valence-electron chi connectivity index (χ1n) is 6.34. The second-order valence-corrected chi connectivity index (χ2v) is 4.17. The molecule has 0 aliphatic rings. The Morgan fingerprint density at radius 1 is 1.12 bits per heavy atom. The van der Waals surface area contributed by atoms with Gasteiger partial charge in [0.2, 0.25) is 0 Å². The smallest absolute Gasteiger partial charge is 0.142 e. The van der Waals surface area contributed by atoms with Crippen LogP contribution in [0.4, 0.5) is 5.69 Å². The van der Waals surface area contributed by atoms with Gasteiger partial charge in [-0.1, -0.05) is 32.6 Å². The third-order valence-corrected chi connectivity index (χ3v) is 2.72. The number of benzene rings is 1. The Hall–Kier alpha value is -1.38. The molecule has 0 saturated heterocycles. The number of rotatable bonds is 8. The van der Waals surface area contributed by atoms with Gasteiger partial charge in [-0.3, -0.25) is 0 Å². The molecule has 0 saturated carbocycles. The molecule has 0 aliphatic carbocycles. The predicted octanol–water partition coefficient (Wildman–Crippen LogP) is 3.63. The van der Waals surface area contributed by atoms with Crippen molar-refractivity contribution in [3.8, 4) is 11.5 Å². The van der Waals surface area contributed by atoms with Crippen molar-refractivity contribution in [2.45, 2.75) is 39.0 Å². The minimum Gasteiger partial charge on any atom is -0.497 e. The Kier molecular flexibility index (Phi) is 6.30. The number of methoxy groups -OCH3 is 1. The quantitative estimate of drug-likeness (QED) is 0.554. The van der Waals surface area contributed by atoms with E-state index in [0.717, 1.165) is 24.5 Å². The summed E-state index contributed by atoms with van der Waals surface area (Å²) < 4.78 is 10.7. The fraction of sp³-hybridized carbons (Fsp3) is 0.571. The maximum atomic E-state index is 5.85. The van der Waals surface area contributed by atoms with Crippen LogP contribution < -0.4 is 15.2 Å². The Morgan fingerprint density at radius 3 is 2.53 bits per heavy atom. The van der Waals surface area contributed by atoms with Crippen molar-refractivity contribution in [1.29, 1.82) is 0 Å². The molecular weight excluding hydrogens is 214 g/mol. The van der Waals surface area contributed by atoms with Gasteiger partial charge in [-0.15, -0.1) is 0 Å². The Morgan fingerprint density at radius 2 is 1.88 bits per heavy atom. The molecule has 2 N–H and O–H groups in total. The van der Waals surface area contributed by atoms with Crippen LogP contribution in [-0.4, -0.2) is 13.7 Å². The number of nitrogen functional groups attached to an aromatic ring is 1. The topological polar surface area (TPSA) is 44.5 Å². The van der Waals surface area contributed by atoms with Gasteiger partial charge in [-0.05, 0) is 18.6 Å². The average molecular weight is 237 g/mol. The molecule has 0 atom stereocenters. The number of anilines is 1. The lowest BCUT2D eigenvalue weighted by molar-refractivity contribution is 0.305. The van der Waals surface area contributed by atoms with Gasteiger partial charge in [0.25, 0.3) is 0 Å². The van der Waals surface area contributed by atoms with Crippen LogP contribution >= 0.6 is 0 Å². The van der Waals surface area contributed by atoms with Crippen molar-refractivity contribution in [2.24, 2.45) is 0 Å². The van der Waals surface area contributed by atoms with Crippen molar-refractivity contribution in [3.05, 3.63) is 18.2 Å². The number of unbranched alkanes of at least 4 members (excludes halogenated alkanes) is 4. The second-order valence-electron chi connectivity index (χ2n) is 4.17. The van der Waals surface area contributed by atoms with Crippen LogP contribution in [0, 0.1) is 0 Å². The van der Waals surface area contributed by atoms with Crippen LogP contribution in [0.5, 0.6) is 11.5 Å². The molecule has 3 heteroatoms. The molecule has 3 nitrogen and oxygen atoms in total. The van der Waals surface area contributed by atoms with Gasteiger partial charge in [0, 0.05) is 6.07 Å². The summed E-state index contributed by atoms with van der Waals surface area (Å²) in [5.74, 6) is 1.51. The van der Waals surface area contributed by atoms with Crippen molar-refractivity contribution in [3.63, 3.8) is 0 Å². The largest absolute Gasteiger partial charge is 0.497 e. The molecule has 0 fully saturated rings. The SMILES string of the molecule is CCCCCCCOc1ccc(OC)cc1N. The molecule has 0 heterocycles. The van der Waals surface area contributed by atoms with Gasteiger partial charge in [-0.2, -0.15) is 0 Å². The van der Waals surface area contributed by atoms with E-state index in [1.165, 1.54) is 25.7 Å². The molecule has 1 aromatic carbocycles. The van der Waals surface area contributed by atoms with Crippen LogP contribution in [-0.2, 0) is 0 Å². The van der Waals surface area contributed by atoms with Crippen molar-refractivity contribution >= 4 is 5.69 Å². The van der Waals surface area contributed by atoms with Gasteiger partial charge in [-0.25, -0.2) is 0 Å². The van der Waals surface area contributed by atoms with Gasteiger partial charge in [0.1, 0.15) is 11.5 Å². The first kappa shape index (κ1) is 13.7. The molecule has 17 heavy (non-hydrogen) atoms. The van der Waals surface area contributed by atoms with E-state index >= 15 is 0 Å². The summed E-state index contributed by atoms with van der Waals surface area (Å²) in [5.41, 5.74) is 6.49. The summed E-state index contributed by atoms with van der Waals surface area (Å²) in [5, 5.41) is 0. The summed E-state index contributed by atoms with van der Waals surface area (Å²) in [7, 11) is 1.63. The van der Waals surface area contributed by atoms with E-state index in [0.29, 0.717) is 5.69 Å². The van der Waals surface area contributed by atoms with E-state index in [-0.39, 0.29) is 0 Å². The molecule has 0 aromatic heterocycles. The van der Waals surface area contributed by atoms with Crippen LogP contribution in [0.1, 0.15) is 39.0 Å². The molecule has 0 spiro atoms. The monoisotopic (exact) mass is 237 g/mol. The van der Waals surface area contributed by atoms with E-state index in [4.69, 9.17) is 15.2 Å². The molecule has 96 valence electrons. The van der Waals surface area contributed by atoms with Crippen LogP contribution in [0.2, 0.25) is 0 Å². The van der Waals surface area contributed by atoms with E-state index in [9.17, 15) is 0 Å². The third kappa shape index (κ3) is 4.98. The molecular formula is C14H23NO2. The molecule has 0 unspecified atom stereocenters. The average Bonchev–Trinajstić information content (AvgIpc) is 2.35. The van der Waals surface area contributed by atoms with Gasteiger partial charge in [0.05, 0.1) is 19.4 Å². The zero-order chi connectivity index (χ0) is 12.5. The Bertz CT molecular complexity index is 326. The highest BCUT2D eigenvalue weighted by Gasteiger charge is 2.01. The van der Waals surface area contributed by atoms with Crippen LogP contribution in [0.25, 0.3) is 0 Å². The first-order valence-corrected chi connectivity index (χ1v) is 6.34. The van der Waals surface area contributed by atoms with Crippen LogP contribution in [0.15, 0.2) is 18.2 Å². The van der Waals surface area contributed by atoms with Crippen LogP contribution in [0.3, 0.4) is 0 Å². The highest BCUT2D eigenvalue weighted by Crippen LogP contribution is 2.26. The van der Waals surface area contributed by atoms with Gasteiger partial charge < -0.3 is 15.2 Å². The summed E-state index contributed by atoms with van der Waals surface area (Å²) in [6, 6.07) is 5.51. The fourth-order valence-electron chi connectivity index (χ4n) is 1.67. The van der Waals surface area contributed by atoms with Crippen molar-refractivity contribution < 1.29 is 9.47 Å². The number of hydrogen-bond donors (Lipinski definition) is 1. The highest BCUT2D eigenvalue weighted by molar-refractivity contribution is 5.56. The molecule has 0 radical (unpaired) electrons. The summed E-state index contributed by atoms with van der Waals surface area (Å²) in [6.07, 6.45) is 6.18. The van der Waals surface area contributed by atoms with Gasteiger partial charge >= 0.3 is 0 Å². The first-order chi connectivity index (χ1) is 8.27. The summed E-state index contributed by atoms with van der Waals surface area (Å²) in [6.45, 7) is 2.95. The summed E-state index contributed by atoms with van der Waals surface area (Å²) in [4.78, 5) is 0. The fourth-order valence-corrected chi connectivity index (χ4v) is 1.67. The maximum absolute atomic E-state index is 5.85. The zero-order valence-corrected chi connectivity index (χ0v) is 10.9.